The number of hydrogen-bond acceptors (Lipinski definition) is 2. The molecule has 7 heteroatoms. The number of halogens is 4. The standard InChI is InChI=1S/C22H14F4N2O/c1-13-5-4-6-15(11-13)28-20(27-19-8-3-2-7-17(19)21(28)29)16-10-9-14(23)12-18(16)22(24,25)26/h2-12H,1H3. The fourth-order valence-corrected chi connectivity index (χ4v) is 3.27. The minimum absolute atomic E-state index is 0.202. The molecule has 3 aromatic carbocycles. The first-order valence-electron chi connectivity index (χ1n) is 8.71. The Kier molecular flexibility index (Phi) is 4.45. The molecule has 1 aromatic heterocycles. The van der Waals surface area contributed by atoms with Crippen molar-refractivity contribution < 1.29 is 17.6 Å². The van der Waals surface area contributed by atoms with E-state index < -0.39 is 23.1 Å². The van der Waals surface area contributed by atoms with Gasteiger partial charge in [-0.15, -0.1) is 0 Å². The number of nitrogens with zero attached hydrogens (tertiary/aromatic N) is 2. The van der Waals surface area contributed by atoms with Gasteiger partial charge in [-0.2, -0.15) is 13.2 Å². The topological polar surface area (TPSA) is 34.9 Å². The third-order valence-corrected chi connectivity index (χ3v) is 4.56. The van der Waals surface area contributed by atoms with Crippen molar-refractivity contribution in [2.24, 2.45) is 0 Å². The molecule has 3 nitrogen and oxygen atoms in total. The highest BCUT2D eigenvalue weighted by Crippen LogP contribution is 2.37. The molecule has 0 aliphatic heterocycles. The summed E-state index contributed by atoms with van der Waals surface area (Å²) in [6.45, 7) is 1.81. The van der Waals surface area contributed by atoms with Gasteiger partial charge in [0.25, 0.3) is 5.56 Å². The molecular formula is C22H14F4N2O. The lowest BCUT2D eigenvalue weighted by molar-refractivity contribution is -0.137. The first-order valence-corrected chi connectivity index (χ1v) is 8.71. The molecule has 146 valence electrons. The summed E-state index contributed by atoms with van der Waals surface area (Å²) in [7, 11) is 0. The van der Waals surface area contributed by atoms with Crippen LogP contribution in [0.4, 0.5) is 17.6 Å². The first kappa shape index (κ1) is 18.9. The number of para-hydroxylation sites is 1. The Balaban J connectivity index is 2.16. The number of alkyl halides is 3. The van der Waals surface area contributed by atoms with Gasteiger partial charge in [0.2, 0.25) is 0 Å². The van der Waals surface area contributed by atoms with Gasteiger partial charge in [0, 0.05) is 5.56 Å². The van der Waals surface area contributed by atoms with Gasteiger partial charge in [0.05, 0.1) is 22.2 Å². The van der Waals surface area contributed by atoms with E-state index in [1.165, 1.54) is 0 Å². The summed E-state index contributed by atoms with van der Waals surface area (Å²) in [6, 6.07) is 15.6. The van der Waals surface area contributed by atoms with Crippen LogP contribution in [0, 0.1) is 12.7 Å². The number of rotatable bonds is 2. The van der Waals surface area contributed by atoms with Crippen LogP contribution in [0.15, 0.2) is 71.5 Å². The maximum atomic E-state index is 13.6. The zero-order chi connectivity index (χ0) is 20.8. The fraction of sp³-hybridized carbons (Fsp3) is 0.0909. The largest absolute Gasteiger partial charge is 0.417 e. The van der Waals surface area contributed by atoms with Crippen LogP contribution < -0.4 is 5.56 Å². The number of aryl methyl sites for hydroxylation is 1. The maximum Gasteiger partial charge on any atom is 0.417 e. The van der Waals surface area contributed by atoms with E-state index in [4.69, 9.17) is 0 Å². The summed E-state index contributed by atoms with van der Waals surface area (Å²) in [4.78, 5) is 17.6. The van der Waals surface area contributed by atoms with E-state index in [1.807, 2.05) is 13.0 Å². The van der Waals surface area contributed by atoms with Gasteiger partial charge in [-0.05, 0) is 55.0 Å². The average Bonchev–Trinajstić information content (AvgIpc) is 2.67. The summed E-state index contributed by atoms with van der Waals surface area (Å²) in [5, 5.41) is 0.272. The van der Waals surface area contributed by atoms with E-state index in [1.54, 1.807) is 42.5 Å². The van der Waals surface area contributed by atoms with Crippen molar-refractivity contribution in [3.8, 4) is 17.1 Å². The Morgan fingerprint density at radius 3 is 2.41 bits per heavy atom. The lowest BCUT2D eigenvalue weighted by Crippen LogP contribution is -2.23. The van der Waals surface area contributed by atoms with Crippen LogP contribution in [0.5, 0.6) is 0 Å². The van der Waals surface area contributed by atoms with E-state index in [-0.39, 0.29) is 22.3 Å². The molecule has 0 radical (unpaired) electrons. The lowest BCUT2D eigenvalue weighted by atomic mass is 10.0. The van der Waals surface area contributed by atoms with E-state index in [2.05, 4.69) is 4.98 Å². The number of aromatic nitrogens is 2. The Morgan fingerprint density at radius 2 is 1.69 bits per heavy atom. The molecule has 0 saturated carbocycles. The van der Waals surface area contributed by atoms with Crippen molar-refractivity contribution in [2.75, 3.05) is 0 Å². The maximum absolute atomic E-state index is 13.6. The van der Waals surface area contributed by atoms with Gasteiger partial charge in [0.15, 0.2) is 0 Å². The molecule has 0 N–H and O–H groups in total. The van der Waals surface area contributed by atoms with Crippen LogP contribution in [0.1, 0.15) is 11.1 Å². The SMILES string of the molecule is Cc1cccc(-n2c(-c3ccc(F)cc3C(F)(F)F)nc3ccccc3c2=O)c1. The van der Waals surface area contributed by atoms with Crippen LogP contribution in [-0.2, 0) is 6.18 Å². The fourth-order valence-electron chi connectivity index (χ4n) is 3.27. The molecule has 4 aromatic rings. The Hall–Kier alpha value is -3.48. The van der Waals surface area contributed by atoms with Crippen molar-refractivity contribution in [3.63, 3.8) is 0 Å². The first-order chi connectivity index (χ1) is 13.8. The Morgan fingerprint density at radius 1 is 0.931 bits per heavy atom. The van der Waals surface area contributed by atoms with Crippen LogP contribution in [0.3, 0.4) is 0 Å². The molecule has 0 atom stereocenters. The average molecular weight is 398 g/mol. The number of benzene rings is 3. The quantitative estimate of drug-likeness (QED) is 0.417. The minimum atomic E-state index is -4.82. The molecule has 0 unspecified atom stereocenters. The predicted molar refractivity (Wildman–Crippen MR) is 102 cm³/mol. The summed E-state index contributed by atoms with van der Waals surface area (Å²) in [5.74, 6) is -1.22. The molecule has 29 heavy (non-hydrogen) atoms. The molecule has 1 heterocycles. The summed E-state index contributed by atoms with van der Waals surface area (Å²) in [5.41, 5.74) is -0.615. The van der Waals surface area contributed by atoms with Gasteiger partial charge >= 0.3 is 6.18 Å². The van der Waals surface area contributed by atoms with Gasteiger partial charge < -0.3 is 0 Å². The Bertz CT molecular complexity index is 1290. The molecule has 0 aliphatic carbocycles. The number of fused-ring (bicyclic) bond motifs is 1. The third-order valence-electron chi connectivity index (χ3n) is 4.56. The highest BCUT2D eigenvalue weighted by molar-refractivity contribution is 5.81. The van der Waals surface area contributed by atoms with Crippen molar-refractivity contribution in [1.82, 2.24) is 9.55 Å². The highest BCUT2D eigenvalue weighted by atomic mass is 19.4. The molecule has 0 fully saturated rings. The number of hydrogen-bond donors (Lipinski definition) is 0. The molecule has 4 rings (SSSR count). The molecule has 0 bridgehead atoms. The monoisotopic (exact) mass is 398 g/mol. The van der Waals surface area contributed by atoms with E-state index in [0.717, 1.165) is 22.3 Å². The van der Waals surface area contributed by atoms with Crippen molar-refractivity contribution in [2.45, 2.75) is 13.1 Å². The van der Waals surface area contributed by atoms with Gasteiger partial charge in [-0.1, -0.05) is 24.3 Å². The van der Waals surface area contributed by atoms with Crippen LogP contribution in [0.25, 0.3) is 28.0 Å². The predicted octanol–water partition coefficient (Wildman–Crippen LogP) is 5.52. The minimum Gasteiger partial charge on any atom is -0.268 e. The second-order valence-corrected chi connectivity index (χ2v) is 6.62. The van der Waals surface area contributed by atoms with Gasteiger partial charge in [0.1, 0.15) is 11.6 Å². The molecule has 0 aliphatic rings. The Labute approximate surface area is 162 Å². The van der Waals surface area contributed by atoms with Gasteiger partial charge in [-0.3, -0.25) is 9.36 Å². The van der Waals surface area contributed by atoms with Crippen molar-refractivity contribution >= 4 is 10.9 Å². The van der Waals surface area contributed by atoms with E-state index in [9.17, 15) is 22.4 Å². The van der Waals surface area contributed by atoms with E-state index in [0.29, 0.717) is 11.8 Å². The van der Waals surface area contributed by atoms with Crippen LogP contribution >= 0.6 is 0 Å². The second-order valence-electron chi connectivity index (χ2n) is 6.62. The van der Waals surface area contributed by atoms with Crippen molar-refractivity contribution in [1.29, 1.82) is 0 Å². The zero-order valence-electron chi connectivity index (χ0n) is 15.2. The zero-order valence-corrected chi connectivity index (χ0v) is 15.2. The van der Waals surface area contributed by atoms with E-state index >= 15 is 0 Å². The third kappa shape index (κ3) is 3.40. The van der Waals surface area contributed by atoms with Crippen molar-refractivity contribution in [3.05, 3.63) is 94.0 Å². The molecule has 0 saturated heterocycles. The smallest absolute Gasteiger partial charge is 0.268 e. The van der Waals surface area contributed by atoms with Crippen LogP contribution in [-0.4, -0.2) is 9.55 Å². The van der Waals surface area contributed by atoms with Crippen LogP contribution in [0.2, 0.25) is 0 Å². The highest BCUT2D eigenvalue weighted by Gasteiger charge is 2.35. The summed E-state index contributed by atoms with van der Waals surface area (Å²) < 4.78 is 55.7. The summed E-state index contributed by atoms with van der Waals surface area (Å²) in [6.07, 6.45) is -4.82. The summed E-state index contributed by atoms with van der Waals surface area (Å²) >= 11 is 0. The second kappa shape index (κ2) is 6.84. The lowest BCUT2D eigenvalue weighted by Gasteiger charge is -2.18. The molecule has 0 amide bonds. The molecule has 0 spiro atoms. The normalized spacial score (nSPS) is 11.8. The molecular weight excluding hydrogens is 384 g/mol. The van der Waals surface area contributed by atoms with Gasteiger partial charge in [-0.25, -0.2) is 9.37 Å².